The number of halogens is 1. The minimum absolute atomic E-state index is 0. The highest BCUT2D eigenvalue weighted by molar-refractivity contribution is 6.08. The van der Waals surface area contributed by atoms with E-state index < -0.39 is 0 Å². The first-order chi connectivity index (χ1) is 3.91. The van der Waals surface area contributed by atoms with E-state index in [0.29, 0.717) is 0 Å². The first kappa shape index (κ1) is 12.5. The maximum atomic E-state index is 2.26. The van der Waals surface area contributed by atoms with Crippen LogP contribution in [0.3, 0.4) is 0 Å². The molecule has 0 nitrogen and oxygen atoms in total. The molecule has 0 heterocycles. The van der Waals surface area contributed by atoms with Gasteiger partial charge in [0.15, 0.2) is 0 Å². The molecule has 0 aromatic rings. The minimum Gasteiger partial charge on any atom is -0.147 e. The maximum Gasteiger partial charge on any atom is 0.211 e. The molecule has 0 unspecified atom stereocenters. The first-order valence-electron chi connectivity index (χ1n) is 3.91. The molecule has 0 saturated carbocycles. The molecule has 0 rings (SSSR count). The zero-order valence-electron chi connectivity index (χ0n) is 6.65. The zero-order chi connectivity index (χ0) is 6.24. The van der Waals surface area contributed by atoms with Crippen LogP contribution < -0.4 is 0 Å². The van der Waals surface area contributed by atoms with Gasteiger partial charge in [-0.2, -0.15) is 0 Å². The fourth-order valence-electron chi connectivity index (χ4n) is 0.854. The van der Waals surface area contributed by atoms with E-state index in [4.69, 9.17) is 0 Å². The van der Waals surface area contributed by atoms with Crippen molar-refractivity contribution in [2.45, 2.75) is 44.3 Å². The van der Waals surface area contributed by atoms with Gasteiger partial charge in [-0.25, -0.2) is 0 Å². The van der Waals surface area contributed by atoms with Crippen molar-refractivity contribution in [3.63, 3.8) is 0 Å². The van der Waals surface area contributed by atoms with Gasteiger partial charge in [-0.3, -0.25) is 0 Å². The largest absolute Gasteiger partial charge is 0.211 e. The van der Waals surface area contributed by atoms with Crippen molar-refractivity contribution in [2.24, 2.45) is 0 Å². The van der Waals surface area contributed by atoms with Gasteiger partial charge in [0, 0.05) is 0 Å². The molecule has 2 heteroatoms. The molecular weight excluding hydrogens is 147 g/mol. The van der Waals surface area contributed by atoms with E-state index >= 15 is 0 Å². The fourth-order valence-corrected chi connectivity index (χ4v) is 1.35. The SMILES string of the molecule is CCCCCC[CH2][AlH2].Cl. The van der Waals surface area contributed by atoms with E-state index in [2.05, 4.69) is 6.92 Å². The Bertz CT molecular complexity index is 33.9. The Kier molecular flexibility index (Phi) is 16.1. The molecule has 0 radical (unpaired) electrons. The van der Waals surface area contributed by atoms with Crippen LogP contribution in [-0.4, -0.2) is 16.3 Å². The summed E-state index contributed by atoms with van der Waals surface area (Å²) < 4.78 is 0. The van der Waals surface area contributed by atoms with Crippen LogP contribution in [0.4, 0.5) is 0 Å². The molecule has 0 aliphatic rings. The molecule has 0 aromatic carbocycles. The van der Waals surface area contributed by atoms with Crippen LogP contribution in [0.1, 0.15) is 39.0 Å². The van der Waals surface area contributed by atoms with Gasteiger partial charge in [-0.15, -0.1) is 17.7 Å². The molecule has 0 atom stereocenters. The summed E-state index contributed by atoms with van der Waals surface area (Å²) in [5.41, 5.74) is 0. The molecular formula is C7H18AlCl. The second kappa shape index (κ2) is 11.6. The number of hydrogen-bond acceptors (Lipinski definition) is 0. The third-order valence-corrected chi connectivity index (χ3v) is 2.16. The van der Waals surface area contributed by atoms with Crippen LogP contribution in [0, 0.1) is 0 Å². The normalized spacial score (nSPS) is 8.56. The number of rotatable bonds is 5. The van der Waals surface area contributed by atoms with Crippen molar-refractivity contribution >= 4 is 28.7 Å². The molecule has 0 N–H and O–H groups in total. The van der Waals surface area contributed by atoms with Gasteiger partial charge in [0.05, 0.1) is 0 Å². The summed E-state index contributed by atoms with van der Waals surface area (Å²) in [6.07, 6.45) is 7.27. The highest BCUT2D eigenvalue weighted by Gasteiger charge is 1.83. The second-order valence-corrected chi connectivity index (χ2v) is 3.41. The van der Waals surface area contributed by atoms with Crippen LogP contribution in [0.5, 0.6) is 0 Å². The van der Waals surface area contributed by atoms with Gasteiger partial charge in [-0.05, 0) is 0 Å². The lowest BCUT2D eigenvalue weighted by atomic mass is 10.2. The van der Waals surface area contributed by atoms with E-state index in [1.54, 1.807) is 0 Å². The topological polar surface area (TPSA) is 0 Å². The molecule has 0 aromatic heterocycles. The number of hydrogen-bond donors (Lipinski definition) is 0. The van der Waals surface area contributed by atoms with E-state index in [9.17, 15) is 0 Å². The predicted molar refractivity (Wildman–Crippen MR) is 49.4 cm³/mol. The lowest BCUT2D eigenvalue weighted by molar-refractivity contribution is 0.656. The fraction of sp³-hybridized carbons (Fsp3) is 1.00. The second-order valence-electron chi connectivity index (χ2n) is 2.41. The minimum atomic E-state index is 0. The van der Waals surface area contributed by atoms with Gasteiger partial charge in [0.1, 0.15) is 0 Å². The Labute approximate surface area is 73.2 Å². The van der Waals surface area contributed by atoms with Gasteiger partial charge in [-0.1, -0.05) is 39.0 Å². The average molecular weight is 165 g/mol. The summed E-state index contributed by atoms with van der Waals surface area (Å²) in [7, 11) is 0. The third kappa shape index (κ3) is 12.1. The quantitative estimate of drug-likeness (QED) is 0.433. The summed E-state index contributed by atoms with van der Waals surface area (Å²) in [6.45, 7) is 2.26. The Hall–Kier alpha value is 0.822. The smallest absolute Gasteiger partial charge is 0.147 e. The number of unbranched alkanes of at least 4 members (excludes halogenated alkanes) is 4. The van der Waals surface area contributed by atoms with Crippen molar-refractivity contribution in [3.05, 3.63) is 0 Å². The Morgan fingerprint density at radius 1 is 1.00 bits per heavy atom. The van der Waals surface area contributed by atoms with Gasteiger partial charge in [0.25, 0.3) is 0 Å². The van der Waals surface area contributed by atoms with Crippen molar-refractivity contribution in [1.82, 2.24) is 0 Å². The van der Waals surface area contributed by atoms with Crippen LogP contribution in [-0.2, 0) is 0 Å². The van der Waals surface area contributed by atoms with Crippen LogP contribution in [0.15, 0.2) is 0 Å². The molecule has 0 aliphatic heterocycles. The van der Waals surface area contributed by atoms with Crippen LogP contribution in [0.25, 0.3) is 0 Å². The van der Waals surface area contributed by atoms with Crippen LogP contribution in [0.2, 0.25) is 5.28 Å². The molecule has 9 heavy (non-hydrogen) atoms. The molecule has 0 fully saturated rings. The van der Waals surface area contributed by atoms with Gasteiger partial charge >= 0.3 is 0 Å². The first-order valence-corrected chi connectivity index (χ1v) is 5.33. The lowest BCUT2D eigenvalue weighted by Gasteiger charge is -1.93. The average Bonchev–Trinajstić information content (AvgIpc) is 1.81. The molecule has 0 bridgehead atoms. The summed E-state index contributed by atoms with van der Waals surface area (Å²) in [6, 6.07) is 0. The van der Waals surface area contributed by atoms with Gasteiger partial charge < -0.3 is 0 Å². The monoisotopic (exact) mass is 164 g/mol. The van der Waals surface area contributed by atoms with Crippen molar-refractivity contribution in [3.8, 4) is 0 Å². The summed E-state index contributed by atoms with van der Waals surface area (Å²) in [5.74, 6) is 0. The van der Waals surface area contributed by atoms with E-state index in [0.717, 1.165) is 0 Å². The Morgan fingerprint density at radius 2 is 1.56 bits per heavy atom. The van der Waals surface area contributed by atoms with Crippen molar-refractivity contribution in [1.29, 1.82) is 0 Å². The summed E-state index contributed by atoms with van der Waals surface area (Å²) >= 11 is 1.41. The maximum absolute atomic E-state index is 2.26. The molecule has 0 aliphatic carbocycles. The van der Waals surface area contributed by atoms with Crippen molar-refractivity contribution in [2.75, 3.05) is 0 Å². The highest BCUT2D eigenvalue weighted by atomic mass is 35.5. The highest BCUT2D eigenvalue weighted by Crippen LogP contribution is 2.02. The van der Waals surface area contributed by atoms with Crippen LogP contribution >= 0.6 is 12.4 Å². The predicted octanol–water partition coefficient (Wildman–Crippen LogP) is 2.43. The molecule has 0 spiro atoms. The third-order valence-electron chi connectivity index (χ3n) is 1.46. The molecule has 56 valence electrons. The molecule has 0 amide bonds. The zero-order valence-corrected chi connectivity index (χ0v) is 9.47. The van der Waals surface area contributed by atoms with E-state index in [1.807, 2.05) is 0 Å². The van der Waals surface area contributed by atoms with Crippen molar-refractivity contribution < 1.29 is 0 Å². The Balaban J connectivity index is 0. The summed E-state index contributed by atoms with van der Waals surface area (Å²) in [4.78, 5) is 0. The molecule has 0 saturated heterocycles. The van der Waals surface area contributed by atoms with E-state index in [1.165, 1.54) is 53.7 Å². The summed E-state index contributed by atoms with van der Waals surface area (Å²) in [5, 5.41) is 1.50. The lowest BCUT2D eigenvalue weighted by Crippen LogP contribution is -1.75. The van der Waals surface area contributed by atoms with Gasteiger partial charge in [0.2, 0.25) is 16.3 Å². The standard InChI is InChI=1S/C7H15.Al.ClH.2H/c1-3-5-7-6-4-2;;;;/h1,3-7H2,2H3;;1H;;. The van der Waals surface area contributed by atoms with E-state index in [-0.39, 0.29) is 12.4 Å². The Morgan fingerprint density at radius 3 is 2.00 bits per heavy atom.